The third-order valence-electron chi connectivity index (χ3n) is 3.72. The highest BCUT2D eigenvalue weighted by atomic mass is 32.2. The van der Waals surface area contributed by atoms with Gasteiger partial charge in [-0.25, -0.2) is 0 Å². The molecule has 1 aliphatic carbocycles. The minimum absolute atomic E-state index is 0.446. The average molecular weight is 280 g/mol. The van der Waals surface area contributed by atoms with Gasteiger partial charge in [0.15, 0.2) is 0 Å². The maximum atomic E-state index is 9.34. The molecule has 1 saturated carbocycles. The molecule has 0 spiro atoms. The number of hydrogen-bond acceptors (Lipinski definition) is 3. The molecule has 100 valence electrons. The summed E-state index contributed by atoms with van der Waals surface area (Å²) in [6.07, 6.45) is 3.14. The van der Waals surface area contributed by atoms with Gasteiger partial charge in [0.1, 0.15) is 6.07 Å². The number of nitrogens with zero attached hydrogens (tertiary/aromatic N) is 1. The van der Waals surface area contributed by atoms with Gasteiger partial charge < -0.3 is 5.32 Å². The fourth-order valence-electron chi connectivity index (χ4n) is 2.56. The van der Waals surface area contributed by atoms with E-state index in [1.165, 1.54) is 5.56 Å². The highest BCUT2D eigenvalue weighted by Crippen LogP contribution is 2.43. The van der Waals surface area contributed by atoms with Gasteiger partial charge in [-0.05, 0) is 30.4 Å². The van der Waals surface area contributed by atoms with Crippen LogP contribution in [0.3, 0.4) is 0 Å². The first-order valence-corrected chi connectivity index (χ1v) is 7.94. The molecule has 2 unspecified atom stereocenters. The van der Waals surface area contributed by atoms with Gasteiger partial charge in [-0.1, -0.05) is 36.4 Å². The van der Waals surface area contributed by atoms with Crippen molar-refractivity contribution in [2.24, 2.45) is 0 Å². The molecule has 1 fully saturated rings. The standard InChI is InChI=1S/C17H16N2S/c1-20-17-9-5-8-15(14(17)11-18)19-16-10-13(16)12-6-3-2-4-7-12/h2-9,13,16,19H,10H2,1H3. The van der Waals surface area contributed by atoms with Crippen LogP contribution in [0.2, 0.25) is 0 Å². The van der Waals surface area contributed by atoms with Crippen LogP contribution in [0.5, 0.6) is 0 Å². The van der Waals surface area contributed by atoms with Crippen molar-refractivity contribution >= 4 is 17.4 Å². The van der Waals surface area contributed by atoms with E-state index >= 15 is 0 Å². The minimum atomic E-state index is 0.446. The van der Waals surface area contributed by atoms with Crippen molar-refractivity contribution < 1.29 is 0 Å². The predicted molar refractivity (Wildman–Crippen MR) is 84.1 cm³/mol. The Labute approximate surface area is 123 Å². The van der Waals surface area contributed by atoms with E-state index in [0.29, 0.717) is 12.0 Å². The lowest BCUT2D eigenvalue weighted by molar-refractivity contribution is 1.04. The Balaban J connectivity index is 1.76. The fourth-order valence-corrected chi connectivity index (χ4v) is 3.13. The van der Waals surface area contributed by atoms with E-state index in [9.17, 15) is 5.26 Å². The second kappa shape index (κ2) is 5.60. The van der Waals surface area contributed by atoms with E-state index in [1.54, 1.807) is 11.8 Å². The Bertz CT molecular complexity index is 646. The largest absolute Gasteiger partial charge is 0.381 e. The van der Waals surface area contributed by atoms with Crippen molar-refractivity contribution in [3.05, 3.63) is 59.7 Å². The molecule has 0 saturated heterocycles. The Hall–Kier alpha value is -1.92. The van der Waals surface area contributed by atoms with Gasteiger partial charge in [-0.3, -0.25) is 0 Å². The van der Waals surface area contributed by atoms with Crippen molar-refractivity contribution in [3.8, 4) is 6.07 Å². The number of rotatable bonds is 4. The van der Waals surface area contributed by atoms with Crippen molar-refractivity contribution in [1.29, 1.82) is 5.26 Å². The van der Waals surface area contributed by atoms with Gasteiger partial charge in [0, 0.05) is 16.9 Å². The van der Waals surface area contributed by atoms with Crippen LogP contribution in [-0.2, 0) is 0 Å². The predicted octanol–water partition coefficient (Wildman–Crippen LogP) is 4.25. The van der Waals surface area contributed by atoms with E-state index in [4.69, 9.17) is 0 Å². The van der Waals surface area contributed by atoms with Crippen molar-refractivity contribution in [2.75, 3.05) is 11.6 Å². The molecule has 1 N–H and O–H groups in total. The number of benzene rings is 2. The molecular weight excluding hydrogens is 264 g/mol. The first-order valence-electron chi connectivity index (χ1n) is 6.72. The molecule has 0 aromatic heterocycles. The number of anilines is 1. The van der Waals surface area contributed by atoms with Crippen molar-refractivity contribution in [2.45, 2.75) is 23.3 Å². The van der Waals surface area contributed by atoms with Crippen LogP contribution in [0.1, 0.15) is 23.5 Å². The summed E-state index contributed by atoms with van der Waals surface area (Å²) in [5.74, 6) is 0.570. The lowest BCUT2D eigenvalue weighted by atomic mass is 10.1. The highest BCUT2D eigenvalue weighted by molar-refractivity contribution is 7.98. The topological polar surface area (TPSA) is 35.8 Å². The molecule has 0 amide bonds. The average Bonchev–Trinajstić information content (AvgIpc) is 3.27. The summed E-state index contributed by atoms with van der Waals surface area (Å²) in [4.78, 5) is 1.04. The maximum absolute atomic E-state index is 9.34. The zero-order chi connectivity index (χ0) is 13.9. The highest BCUT2D eigenvalue weighted by Gasteiger charge is 2.38. The van der Waals surface area contributed by atoms with Gasteiger partial charge in [-0.2, -0.15) is 5.26 Å². The first kappa shape index (κ1) is 13.1. The van der Waals surface area contributed by atoms with Crippen LogP contribution in [0.25, 0.3) is 0 Å². The Morgan fingerprint density at radius 3 is 2.65 bits per heavy atom. The number of nitrogens with one attached hydrogen (secondary N) is 1. The maximum Gasteiger partial charge on any atom is 0.102 e. The normalized spacial score (nSPS) is 20.2. The number of nitriles is 1. The summed E-state index contributed by atoms with van der Waals surface area (Å²) in [7, 11) is 0. The zero-order valence-corrected chi connectivity index (χ0v) is 12.2. The van der Waals surface area contributed by atoms with Gasteiger partial charge in [-0.15, -0.1) is 11.8 Å². The zero-order valence-electron chi connectivity index (χ0n) is 11.3. The molecule has 0 aliphatic heterocycles. The molecule has 2 aromatic rings. The number of hydrogen-bond donors (Lipinski definition) is 1. The van der Waals surface area contributed by atoms with Gasteiger partial charge in [0.25, 0.3) is 0 Å². The van der Waals surface area contributed by atoms with Crippen LogP contribution < -0.4 is 5.32 Å². The molecule has 2 aromatic carbocycles. The van der Waals surface area contributed by atoms with Crippen LogP contribution in [-0.4, -0.2) is 12.3 Å². The van der Waals surface area contributed by atoms with Crippen molar-refractivity contribution in [1.82, 2.24) is 0 Å². The van der Waals surface area contributed by atoms with Crippen LogP contribution in [0.15, 0.2) is 53.4 Å². The Kier molecular flexibility index (Phi) is 3.66. The lowest BCUT2D eigenvalue weighted by Gasteiger charge is -2.10. The first-order chi connectivity index (χ1) is 9.83. The van der Waals surface area contributed by atoms with Gasteiger partial charge in [0.05, 0.1) is 11.3 Å². The van der Waals surface area contributed by atoms with E-state index in [2.05, 4.69) is 35.7 Å². The van der Waals surface area contributed by atoms with Gasteiger partial charge in [0.2, 0.25) is 0 Å². The monoisotopic (exact) mass is 280 g/mol. The summed E-state index contributed by atoms with van der Waals surface area (Å²) < 4.78 is 0. The summed E-state index contributed by atoms with van der Waals surface area (Å²) in [5, 5.41) is 12.9. The summed E-state index contributed by atoms with van der Waals surface area (Å²) in [5.41, 5.74) is 3.10. The van der Waals surface area contributed by atoms with Crippen LogP contribution in [0, 0.1) is 11.3 Å². The van der Waals surface area contributed by atoms with Crippen LogP contribution in [0.4, 0.5) is 5.69 Å². The molecular formula is C17H16N2S. The van der Waals surface area contributed by atoms with Gasteiger partial charge >= 0.3 is 0 Å². The quantitative estimate of drug-likeness (QED) is 0.851. The smallest absolute Gasteiger partial charge is 0.102 e. The molecule has 3 rings (SSSR count). The fraction of sp³-hybridized carbons (Fsp3) is 0.235. The van der Waals surface area contributed by atoms with Crippen molar-refractivity contribution in [3.63, 3.8) is 0 Å². The third kappa shape index (κ3) is 2.52. The second-order valence-corrected chi connectivity index (χ2v) is 5.85. The number of thioether (sulfide) groups is 1. The molecule has 1 aliphatic rings. The summed E-state index contributed by atoms with van der Waals surface area (Å²) in [6.45, 7) is 0. The van der Waals surface area contributed by atoms with E-state index in [-0.39, 0.29) is 0 Å². The molecule has 0 radical (unpaired) electrons. The van der Waals surface area contributed by atoms with E-state index in [1.807, 2.05) is 30.5 Å². The molecule has 20 heavy (non-hydrogen) atoms. The molecule has 0 bridgehead atoms. The summed E-state index contributed by atoms with van der Waals surface area (Å²) in [6, 6.07) is 19.3. The Morgan fingerprint density at radius 1 is 1.15 bits per heavy atom. The van der Waals surface area contributed by atoms with E-state index < -0.39 is 0 Å². The molecule has 0 heterocycles. The molecule has 2 atom stereocenters. The summed E-state index contributed by atoms with van der Waals surface area (Å²) >= 11 is 1.62. The third-order valence-corrected chi connectivity index (χ3v) is 4.50. The minimum Gasteiger partial charge on any atom is -0.381 e. The Morgan fingerprint density at radius 2 is 1.95 bits per heavy atom. The van der Waals surface area contributed by atoms with E-state index in [0.717, 1.165) is 22.6 Å². The molecule has 3 heteroatoms. The van der Waals surface area contributed by atoms with Crippen LogP contribution >= 0.6 is 11.8 Å². The molecule has 2 nitrogen and oxygen atoms in total. The second-order valence-electron chi connectivity index (χ2n) is 5.00. The lowest BCUT2D eigenvalue weighted by Crippen LogP contribution is -2.06. The SMILES string of the molecule is CSc1cccc(NC2CC2c2ccccc2)c1C#N.